The third-order valence-corrected chi connectivity index (χ3v) is 4.07. The summed E-state index contributed by atoms with van der Waals surface area (Å²) in [6.45, 7) is 2.22. The number of ether oxygens (including phenoxy) is 3. The SMILES string of the molecule is COCCCCCCOC(=O)C1CCC(COC)CC1. The molecule has 1 saturated carbocycles. The summed E-state index contributed by atoms with van der Waals surface area (Å²) in [7, 11) is 3.47. The molecular formula is C16H30O4. The number of hydrogen-bond donors (Lipinski definition) is 0. The first-order valence-corrected chi connectivity index (χ1v) is 7.92. The van der Waals surface area contributed by atoms with E-state index in [1.165, 1.54) is 0 Å². The Labute approximate surface area is 123 Å². The Morgan fingerprint density at radius 1 is 0.900 bits per heavy atom. The summed E-state index contributed by atoms with van der Waals surface area (Å²) in [5, 5.41) is 0. The zero-order chi connectivity index (χ0) is 14.6. The maximum absolute atomic E-state index is 11.9. The third-order valence-electron chi connectivity index (χ3n) is 4.07. The lowest BCUT2D eigenvalue weighted by Crippen LogP contribution is -2.25. The Morgan fingerprint density at radius 2 is 1.55 bits per heavy atom. The average molecular weight is 286 g/mol. The van der Waals surface area contributed by atoms with E-state index in [4.69, 9.17) is 14.2 Å². The molecule has 0 amide bonds. The maximum Gasteiger partial charge on any atom is 0.308 e. The number of esters is 1. The molecule has 0 heterocycles. The van der Waals surface area contributed by atoms with Crippen molar-refractivity contribution >= 4 is 5.97 Å². The van der Waals surface area contributed by atoms with E-state index in [1.54, 1.807) is 14.2 Å². The molecule has 0 aromatic carbocycles. The van der Waals surface area contributed by atoms with Gasteiger partial charge in [-0.05, 0) is 50.9 Å². The van der Waals surface area contributed by atoms with E-state index in [1.807, 2.05) is 0 Å². The molecule has 0 spiro atoms. The molecule has 0 saturated heterocycles. The highest BCUT2D eigenvalue weighted by atomic mass is 16.5. The molecule has 1 rings (SSSR count). The zero-order valence-electron chi connectivity index (χ0n) is 13.1. The van der Waals surface area contributed by atoms with E-state index >= 15 is 0 Å². The molecule has 1 aliphatic rings. The quantitative estimate of drug-likeness (QED) is 0.457. The molecule has 1 fully saturated rings. The molecule has 0 radical (unpaired) electrons. The summed E-state index contributed by atoms with van der Waals surface area (Å²) >= 11 is 0. The number of methoxy groups -OCH3 is 2. The molecule has 0 aromatic rings. The van der Waals surface area contributed by atoms with Crippen LogP contribution < -0.4 is 0 Å². The molecule has 0 bridgehead atoms. The molecule has 20 heavy (non-hydrogen) atoms. The Balaban J connectivity index is 2.00. The summed E-state index contributed by atoms with van der Waals surface area (Å²) < 4.78 is 15.6. The standard InChI is InChI=1S/C16H30O4/c1-18-11-5-3-4-6-12-20-16(17)15-9-7-14(8-10-15)13-19-2/h14-15H,3-13H2,1-2H3. The predicted molar refractivity (Wildman–Crippen MR) is 78.6 cm³/mol. The topological polar surface area (TPSA) is 44.8 Å². The van der Waals surface area contributed by atoms with E-state index in [2.05, 4.69) is 0 Å². The summed E-state index contributed by atoms with van der Waals surface area (Å²) in [5.41, 5.74) is 0. The highest BCUT2D eigenvalue weighted by Crippen LogP contribution is 2.29. The fourth-order valence-corrected chi connectivity index (χ4v) is 2.79. The van der Waals surface area contributed by atoms with Crippen molar-refractivity contribution in [2.75, 3.05) is 34.0 Å². The highest BCUT2D eigenvalue weighted by molar-refractivity contribution is 5.72. The van der Waals surface area contributed by atoms with Crippen LogP contribution in [0.3, 0.4) is 0 Å². The van der Waals surface area contributed by atoms with Crippen molar-refractivity contribution in [1.82, 2.24) is 0 Å². The Bertz CT molecular complexity index is 247. The van der Waals surface area contributed by atoms with Gasteiger partial charge in [0.1, 0.15) is 0 Å². The number of hydrogen-bond acceptors (Lipinski definition) is 4. The summed E-state index contributed by atoms with van der Waals surface area (Å²) in [6, 6.07) is 0. The minimum Gasteiger partial charge on any atom is -0.465 e. The van der Waals surface area contributed by atoms with Gasteiger partial charge < -0.3 is 14.2 Å². The van der Waals surface area contributed by atoms with Gasteiger partial charge in [-0.1, -0.05) is 6.42 Å². The Morgan fingerprint density at radius 3 is 2.15 bits per heavy atom. The summed E-state index contributed by atoms with van der Waals surface area (Å²) in [5.74, 6) is 0.763. The molecule has 0 aromatic heterocycles. The van der Waals surface area contributed by atoms with Gasteiger partial charge in [0.25, 0.3) is 0 Å². The van der Waals surface area contributed by atoms with Crippen LogP contribution in [0.15, 0.2) is 0 Å². The molecule has 0 atom stereocenters. The first-order valence-electron chi connectivity index (χ1n) is 7.92. The Kier molecular flexibility index (Phi) is 9.67. The van der Waals surface area contributed by atoms with Crippen molar-refractivity contribution in [1.29, 1.82) is 0 Å². The van der Waals surface area contributed by atoms with Gasteiger partial charge in [0, 0.05) is 27.4 Å². The monoisotopic (exact) mass is 286 g/mol. The van der Waals surface area contributed by atoms with Gasteiger partial charge in [-0.3, -0.25) is 4.79 Å². The molecule has 118 valence electrons. The van der Waals surface area contributed by atoms with E-state index in [-0.39, 0.29) is 11.9 Å². The lowest BCUT2D eigenvalue weighted by atomic mass is 9.82. The van der Waals surface area contributed by atoms with E-state index in [9.17, 15) is 4.79 Å². The Hall–Kier alpha value is -0.610. The second kappa shape index (κ2) is 11.1. The second-order valence-electron chi connectivity index (χ2n) is 5.75. The van der Waals surface area contributed by atoms with Crippen molar-refractivity contribution in [2.24, 2.45) is 11.8 Å². The van der Waals surface area contributed by atoms with Gasteiger partial charge in [-0.2, -0.15) is 0 Å². The van der Waals surface area contributed by atoms with Crippen LogP contribution in [0.5, 0.6) is 0 Å². The average Bonchev–Trinajstić information content (AvgIpc) is 2.47. The fraction of sp³-hybridized carbons (Fsp3) is 0.938. The molecule has 0 unspecified atom stereocenters. The number of carbonyl (C=O) groups excluding carboxylic acids is 1. The maximum atomic E-state index is 11.9. The van der Waals surface area contributed by atoms with Crippen molar-refractivity contribution in [3.63, 3.8) is 0 Å². The van der Waals surface area contributed by atoms with Crippen LogP contribution in [0.25, 0.3) is 0 Å². The number of rotatable bonds is 10. The smallest absolute Gasteiger partial charge is 0.308 e. The minimum atomic E-state index is 0.0118. The van der Waals surface area contributed by atoms with Gasteiger partial charge >= 0.3 is 5.97 Å². The third kappa shape index (κ3) is 7.25. The first kappa shape index (κ1) is 17.4. The van der Waals surface area contributed by atoms with Crippen LogP contribution in [-0.2, 0) is 19.0 Å². The largest absolute Gasteiger partial charge is 0.465 e. The molecule has 4 nitrogen and oxygen atoms in total. The van der Waals surface area contributed by atoms with Crippen molar-refractivity contribution in [3.05, 3.63) is 0 Å². The van der Waals surface area contributed by atoms with Crippen molar-refractivity contribution < 1.29 is 19.0 Å². The molecule has 0 N–H and O–H groups in total. The fourth-order valence-electron chi connectivity index (χ4n) is 2.79. The lowest BCUT2D eigenvalue weighted by molar-refractivity contribution is -0.150. The summed E-state index contributed by atoms with van der Waals surface area (Å²) in [6.07, 6.45) is 8.41. The van der Waals surface area contributed by atoms with Gasteiger partial charge in [0.15, 0.2) is 0 Å². The van der Waals surface area contributed by atoms with E-state index in [0.717, 1.165) is 64.6 Å². The van der Waals surface area contributed by atoms with E-state index < -0.39 is 0 Å². The van der Waals surface area contributed by atoms with E-state index in [0.29, 0.717) is 12.5 Å². The zero-order valence-corrected chi connectivity index (χ0v) is 13.1. The van der Waals surface area contributed by atoms with Crippen molar-refractivity contribution in [2.45, 2.75) is 51.4 Å². The van der Waals surface area contributed by atoms with Crippen LogP contribution >= 0.6 is 0 Å². The van der Waals surface area contributed by atoms with Crippen LogP contribution in [0, 0.1) is 11.8 Å². The van der Waals surface area contributed by atoms with Gasteiger partial charge in [0.05, 0.1) is 12.5 Å². The molecule has 0 aliphatic heterocycles. The van der Waals surface area contributed by atoms with Crippen LogP contribution in [0.2, 0.25) is 0 Å². The summed E-state index contributed by atoms with van der Waals surface area (Å²) in [4.78, 5) is 11.9. The lowest BCUT2D eigenvalue weighted by Gasteiger charge is -2.26. The van der Waals surface area contributed by atoms with Crippen LogP contribution in [0.4, 0.5) is 0 Å². The van der Waals surface area contributed by atoms with Gasteiger partial charge in [-0.15, -0.1) is 0 Å². The minimum absolute atomic E-state index is 0.0118. The molecule has 1 aliphatic carbocycles. The van der Waals surface area contributed by atoms with Crippen molar-refractivity contribution in [3.8, 4) is 0 Å². The van der Waals surface area contributed by atoms with Gasteiger partial charge in [-0.25, -0.2) is 0 Å². The normalized spacial score (nSPS) is 22.7. The highest BCUT2D eigenvalue weighted by Gasteiger charge is 2.27. The van der Waals surface area contributed by atoms with Crippen LogP contribution in [0.1, 0.15) is 51.4 Å². The first-order chi connectivity index (χ1) is 9.77. The molecule has 4 heteroatoms. The predicted octanol–water partition coefficient (Wildman–Crippen LogP) is 3.19. The second-order valence-corrected chi connectivity index (χ2v) is 5.75. The number of carbonyl (C=O) groups is 1. The van der Waals surface area contributed by atoms with Crippen LogP contribution in [-0.4, -0.2) is 40.0 Å². The molecular weight excluding hydrogens is 256 g/mol. The number of unbranched alkanes of at least 4 members (excludes halogenated alkanes) is 3. The van der Waals surface area contributed by atoms with Gasteiger partial charge in [0.2, 0.25) is 0 Å².